The minimum Gasteiger partial charge on any atom is -0.468 e. The number of rotatable bonds is 4. The Hall–Kier alpha value is -3.02. The Morgan fingerprint density at radius 2 is 1.76 bits per heavy atom. The van der Waals surface area contributed by atoms with Crippen molar-refractivity contribution in [3.8, 4) is 0 Å². The Morgan fingerprint density at radius 1 is 1.12 bits per heavy atom. The van der Waals surface area contributed by atoms with Gasteiger partial charge in [-0.05, 0) is 49.4 Å². The number of anilines is 1. The molecule has 0 radical (unpaired) electrons. The van der Waals surface area contributed by atoms with E-state index in [-0.39, 0.29) is 11.7 Å². The topological polar surface area (TPSA) is 63.7 Å². The number of methoxy groups -OCH3 is 1. The molecule has 2 aromatic rings. The van der Waals surface area contributed by atoms with Crippen molar-refractivity contribution in [2.45, 2.75) is 12.8 Å². The average Bonchev–Trinajstić information content (AvgIpc) is 2.91. The largest absolute Gasteiger partial charge is 0.468 e. The van der Waals surface area contributed by atoms with Crippen LogP contribution in [0.15, 0.2) is 42.5 Å². The third kappa shape index (κ3) is 2.80. The molecule has 0 aromatic heterocycles. The first-order chi connectivity index (χ1) is 12.0. The van der Waals surface area contributed by atoms with Crippen LogP contribution in [0.4, 0.5) is 10.1 Å². The van der Waals surface area contributed by atoms with Crippen molar-refractivity contribution in [1.29, 1.82) is 0 Å². The summed E-state index contributed by atoms with van der Waals surface area (Å²) < 4.78 is 17.8. The maximum atomic E-state index is 13.0. The summed E-state index contributed by atoms with van der Waals surface area (Å²) in [5, 5.41) is 0. The highest BCUT2D eigenvalue weighted by molar-refractivity contribution is 6.17. The van der Waals surface area contributed by atoms with Gasteiger partial charge in [-0.2, -0.15) is 0 Å². The molecule has 2 aromatic carbocycles. The number of fused-ring (bicyclic) bond motifs is 1. The van der Waals surface area contributed by atoms with E-state index in [0.717, 1.165) is 0 Å². The highest BCUT2D eigenvalue weighted by atomic mass is 19.1. The number of hydrogen-bond donors (Lipinski definition) is 0. The average molecular weight is 341 g/mol. The van der Waals surface area contributed by atoms with Gasteiger partial charge in [0.05, 0.1) is 7.11 Å². The fraction of sp³-hybridized carbons (Fsp3) is 0.211. The molecule has 1 aliphatic heterocycles. The fourth-order valence-corrected chi connectivity index (χ4v) is 3.02. The van der Waals surface area contributed by atoms with Gasteiger partial charge in [-0.1, -0.05) is 0 Å². The van der Waals surface area contributed by atoms with Gasteiger partial charge in [0.1, 0.15) is 5.82 Å². The zero-order chi connectivity index (χ0) is 18.1. The first-order valence-electron chi connectivity index (χ1n) is 7.81. The van der Waals surface area contributed by atoms with Crippen molar-refractivity contribution in [3.05, 3.63) is 65.0 Å². The number of hydrogen-bond acceptors (Lipinski definition) is 4. The molecule has 0 saturated heterocycles. The highest BCUT2D eigenvalue weighted by Crippen LogP contribution is 2.38. The Balaban J connectivity index is 2.05. The molecular weight excluding hydrogens is 325 g/mol. The van der Waals surface area contributed by atoms with E-state index in [0.29, 0.717) is 28.9 Å². The lowest BCUT2D eigenvalue weighted by molar-refractivity contribution is -0.145. The Morgan fingerprint density at radius 3 is 2.36 bits per heavy atom. The van der Waals surface area contributed by atoms with Crippen molar-refractivity contribution in [2.24, 2.45) is 0 Å². The maximum Gasteiger partial charge on any atom is 0.322 e. The van der Waals surface area contributed by atoms with E-state index in [4.69, 9.17) is 4.74 Å². The summed E-state index contributed by atoms with van der Waals surface area (Å²) in [5.74, 6) is -2.83. The molecule has 128 valence electrons. The predicted molar refractivity (Wildman–Crippen MR) is 89.1 cm³/mol. The van der Waals surface area contributed by atoms with Gasteiger partial charge in [-0.3, -0.25) is 14.4 Å². The second-order valence-electron chi connectivity index (χ2n) is 5.65. The molecule has 0 bridgehead atoms. The molecular formula is C19H16FNO4. The van der Waals surface area contributed by atoms with Crippen LogP contribution in [0, 0.1) is 5.82 Å². The molecule has 1 aliphatic rings. The molecule has 3 rings (SSSR count). The molecule has 0 aliphatic carbocycles. The number of nitrogens with zero attached hydrogens (tertiary/aromatic N) is 1. The zero-order valence-corrected chi connectivity index (χ0v) is 13.8. The monoisotopic (exact) mass is 341 g/mol. The summed E-state index contributed by atoms with van der Waals surface area (Å²) in [5.41, 5.74) is 1.70. The van der Waals surface area contributed by atoms with Crippen molar-refractivity contribution < 1.29 is 23.5 Å². The first-order valence-corrected chi connectivity index (χ1v) is 7.81. The second kappa shape index (κ2) is 6.47. The summed E-state index contributed by atoms with van der Waals surface area (Å²) >= 11 is 0. The highest BCUT2D eigenvalue weighted by Gasteiger charge is 2.42. The summed E-state index contributed by atoms with van der Waals surface area (Å²) in [7, 11) is 1.22. The van der Waals surface area contributed by atoms with Crippen LogP contribution in [-0.4, -0.2) is 31.3 Å². The molecule has 0 saturated carbocycles. The van der Waals surface area contributed by atoms with E-state index < -0.39 is 17.7 Å². The van der Waals surface area contributed by atoms with Crippen LogP contribution in [0.25, 0.3) is 0 Å². The minimum absolute atomic E-state index is 0.311. The number of carbonyl (C=O) groups excluding carboxylic acids is 3. The summed E-state index contributed by atoms with van der Waals surface area (Å²) in [6.45, 7) is 2.21. The van der Waals surface area contributed by atoms with Gasteiger partial charge in [0.25, 0.3) is 0 Å². The lowest BCUT2D eigenvalue weighted by Gasteiger charge is -2.14. The Kier molecular flexibility index (Phi) is 4.35. The first kappa shape index (κ1) is 16.8. The molecule has 5 nitrogen and oxygen atoms in total. The van der Waals surface area contributed by atoms with Gasteiger partial charge in [-0.15, -0.1) is 0 Å². The van der Waals surface area contributed by atoms with E-state index in [1.165, 1.54) is 42.3 Å². The van der Waals surface area contributed by atoms with Gasteiger partial charge in [-0.25, -0.2) is 4.39 Å². The number of likely N-dealkylation sites (N-methyl/N-ethyl adjacent to an activating group) is 1. The van der Waals surface area contributed by atoms with Gasteiger partial charge < -0.3 is 9.64 Å². The van der Waals surface area contributed by atoms with E-state index in [1.807, 2.05) is 0 Å². The SMILES string of the molecule is CCN1C(=O)C(C(=O)OC)c2cc(C(=O)c3ccc(F)cc3)ccc21. The Labute approximate surface area is 144 Å². The van der Waals surface area contributed by atoms with Crippen LogP contribution < -0.4 is 4.90 Å². The van der Waals surface area contributed by atoms with Crippen molar-refractivity contribution in [2.75, 3.05) is 18.6 Å². The third-order valence-corrected chi connectivity index (χ3v) is 4.26. The number of halogens is 1. The predicted octanol–water partition coefficient (Wildman–Crippen LogP) is 2.68. The third-order valence-electron chi connectivity index (χ3n) is 4.26. The molecule has 0 spiro atoms. The van der Waals surface area contributed by atoms with Crippen LogP contribution in [0.2, 0.25) is 0 Å². The molecule has 1 heterocycles. The van der Waals surface area contributed by atoms with Crippen LogP contribution in [0.5, 0.6) is 0 Å². The number of benzene rings is 2. The van der Waals surface area contributed by atoms with E-state index in [2.05, 4.69) is 0 Å². The van der Waals surface area contributed by atoms with Crippen molar-refractivity contribution in [1.82, 2.24) is 0 Å². The summed E-state index contributed by atoms with van der Waals surface area (Å²) in [6.07, 6.45) is 0. The van der Waals surface area contributed by atoms with E-state index >= 15 is 0 Å². The van der Waals surface area contributed by atoms with Crippen LogP contribution in [0.1, 0.15) is 34.3 Å². The van der Waals surface area contributed by atoms with Crippen LogP contribution >= 0.6 is 0 Å². The second-order valence-corrected chi connectivity index (χ2v) is 5.65. The molecule has 1 amide bonds. The minimum atomic E-state index is -1.07. The molecule has 25 heavy (non-hydrogen) atoms. The number of ketones is 1. The Bertz CT molecular complexity index is 860. The molecule has 6 heteroatoms. The van der Waals surface area contributed by atoms with Crippen LogP contribution in [-0.2, 0) is 14.3 Å². The smallest absolute Gasteiger partial charge is 0.322 e. The fourth-order valence-electron chi connectivity index (χ4n) is 3.02. The number of esters is 1. The van der Waals surface area contributed by atoms with Gasteiger partial charge in [0.15, 0.2) is 11.7 Å². The summed E-state index contributed by atoms with van der Waals surface area (Å²) in [4.78, 5) is 38.6. The summed E-state index contributed by atoms with van der Waals surface area (Å²) in [6, 6.07) is 9.99. The van der Waals surface area contributed by atoms with Gasteiger partial charge in [0.2, 0.25) is 5.91 Å². The van der Waals surface area contributed by atoms with Gasteiger partial charge >= 0.3 is 5.97 Å². The quantitative estimate of drug-likeness (QED) is 0.487. The lowest BCUT2D eigenvalue weighted by atomic mass is 9.95. The number of carbonyl (C=O) groups is 3. The van der Waals surface area contributed by atoms with Crippen molar-refractivity contribution >= 4 is 23.3 Å². The maximum absolute atomic E-state index is 13.0. The molecule has 1 atom stereocenters. The van der Waals surface area contributed by atoms with Crippen LogP contribution in [0.3, 0.4) is 0 Å². The van der Waals surface area contributed by atoms with E-state index in [9.17, 15) is 18.8 Å². The normalized spacial score (nSPS) is 15.9. The van der Waals surface area contributed by atoms with E-state index in [1.54, 1.807) is 19.1 Å². The lowest BCUT2D eigenvalue weighted by Crippen LogP contribution is -2.31. The molecule has 0 N–H and O–H groups in total. The number of ether oxygens (including phenoxy) is 1. The zero-order valence-electron chi connectivity index (χ0n) is 13.8. The molecule has 1 unspecified atom stereocenters. The standard InChI is InChI=1S/C19H16FNO4/c1-3-21-15-9-6-12(17(22)11-4-7-13(20)8-5-11)10-14(15)16(18(21)23)19(24)25-2/h4-10,16H,3H2,1-2H3. The molecule has 0 fully saturated rings. The van der Waals surface area contributed by atoms with Crippen molar-refractivity contribution in [3.63, 3.8) is 0 Å². The number of amides is 1. The van der Waals surface area contributed by atoms with Gasteiger partial charge in [0, 0.05) is 28.9 Å².